The van der Waals surface area contributed by atoms with Crippen molar-refractivity contribution >= 4 is 22.7 Å². The molecule has 2 rings (SSSR count). The van der Waals surface area contributed by atoms with Gasteiger partial charge in [-0.15, -0.1) is 0 Å². The topological polar surface area (TPSA) is 85.3 Å². The first-order valence-corrected chi connectivity index (χ1v) is 5.59. The zero-order valence-electron chi connectivity index (χ0n) is 10.0. The van der Waals surface area contributed by atoms with Gasteiger partial charge in [-0.25, -0.2) is 0 Å². The van der Waals surface area contributed by atoms with E-state index in [0.717, 1.165) is 10.9 Å². The van der Waals surface area contributed by atoms with Crippen LogP contribution in [0.1, 0.15) is 16.1 Å². The van der Waals surface area contributed by atoms with Gasteiger partial charge in [-0.1, -0.05) is 18.2 Å². The Kier molecular flexibility index (Phi) is 3.16. The molecule has 2 aromatic rings. The number of fused-ring (bicyclic) bond motifs is 1. The molecule has 0 amide bonds. The van der Waals surface area contributed by atoms with Gasteiger partial charge in [-0.05, 0) is 13.0 Å². The SMILES string of the molecule is Cc1c(C(=O)CN)c2ccccc2n1CC(=O)O. The maximum absolute atomic E-state index is 11.9. The molecule has 18 heavy (non-hydrogen) atoms. The van der Waals surface area contributed by atoms with E-state index in [4.69, 9.17) is 10.8 Å². The van der Waals surface area contributed by atoms with E-state index in [9.17, 15) is 9.59 Å². The molecule has 5 heteroatoms. The van der Waals surface area contributed by atoms with Gasteiger partial charge in [0.05, 0.1) is 6.54 Å². The van der Waals surface area contributed by atoms with Crippen molar-refractivity contribution in [2.45, 2.75) is 13.5 Å². The third kappa shape index (κ3) is 1.89. The van der Waals surface area contributed by atoms with Crippen molar-refractivity contribution in [2.24, 2.45) is 5.73 Å². The minimum atomic E-state index is -0.939. The summed E-state index contributed by atoms with van der Waals surface area (Å²) in [5.41, 5.74) is 7.31. The highest BCUT2D eigenvalue weighted by molar-refractivity contribution is 6.10. The van der Waals surface area contributed by atoms with Crippen molar-refractivity contribution in [2.75, 3.05) is 6.54 Å². The second-order valence-electron chi connectivity index (χ2n) is 4.08. The number of carbonyl (C=O) groups excluding carboxylic acids is 1. The minimum Gasteiger partial charge on any atom is -0.480 e. The average Bonchev–Trinajstić information content (AvgIpc) is 2.62. The van der Waals surface area contributed by atoms with Gasteiger partial charge in [0, 0.05) is 22.2 Å². The summed E-state index contributed by atoms with van der Waals surface area (Å²) in [4.78, 5) is 22.7. The van der Waals surface area contributed by atoms with Crippen LogP contribution >= 0.6 is 0 Å². The van der Waals surface area contributed by atoms with Crippen molar-refractivity contribution in [3.63, 3.8) is 0 Å². The predicted molar refractivity (Wildman–Crippen MR) is 67.7 cm³/mol. The van der Waals surface area contributed by atoms with Crippen LogP contribution in [0.5, 0.6) is 0 Å². The van der Waals surface area contributed by atoms with E-state index in [0.29, 0.717) is 11.3 Å². The quantitative estimate of drug-likeness (QED) is 0.793. The van der Waals surface area contributed by atoms with Crippen molar-refractivity contribution in [1.29, 1.82) is 0 Å². The van der Waals surface area contributed by atoms with Crippen LogP contribution in [0.15, 0.2) is 24.3 Å². The van der Waals surface area contributed by atoms with Gasteiger partial charge in [-0.3, -0.25) is 9.59 Å². The zero-order valence-corrected chi connectivity index (χ0v) is 10.0. The molecule has 0 spiro atoms. The number of benzene rings is 1. The third-order valence-corrected chi connectivity index (χ3v) is 2.99. The Bertz CT molecular complexity index is 628. The van der Waals surface area contributed by atoms with Gasteiger partial charge >= 0.3 is 5.97 Å². The highest BCUT2D eigenvalue weighted by Crippen LogP contribution is 2.26. The van der Waals surface area contributed by atoms with Gasteiger partial charge < -0.3 is 15.4 Å². The molecule has 0 aliphatic rings. The van der Waals surface area contributed by atoms with E-state index in [-0.39, 0.29) is 18.9 Å². The molecule has 0 aliphatic carbocycles. The molecule has 0 radical (unpaired) electrons. The molecule has 0 saturated carbocycles. The van der Waals surface area contributed by atoms with Crippen LogP contribution in [-0.4, -0.2) is 28.0 Å². The summed E-state index contributed by atoms with van der Waals surface area (Å²) in [6, 6.07) is 7.25. The first kappa shape index (κ1) is 12.3. The smallest absolute Gasteiger partial charge is 0.323 e. The van der Waals surface area contributed by atoms with Crippen molar-refractivity contribution < 1.29 is 14.7 Å². The Morgan fingerprint density at radius 1 is 1.33 bits per heavy atom. The molecule has 0 saturated heterocycles. The summed E-state index contributed by atoms with van der Waals surface area (Å²) in [6.45, 7) is 1.50. The van der Waals surface area contributed by atoms with Gasteiger partial charge in [-0.2, -0.15) is 0 Å². The Balaban J connectivity index is 2.75. The number of nitrogens with two attached hydrogens (primary N) is 1. The standard InChI is InChI=1S/C13H14N2O3/c1-8-13(11(16)6-14)9-4-2-3-5-10(9)15(8)7-12(17)18/h2-5H,6-7,14H2,1H3,(H,17,18). The highest BCUT2D eigenvalue weighted by Gasteiger charge is 2.19. The number of para-hydroxylation sites is 1. The van der Waals surface area contributed by atoms with Gasteiger partial charge in [0.15, 0.2) is 5.78 Å². The van der Waals surface area contributed by atoms with Crippen LogP contribution in [0.4, 0.5) is 0 Å². The Labute approximate surface area is 104 Å². The van der Waals surface area contributed by atoms with Crippen LogP contribution in [0.25, 0.3) is 10.9 Å². The molecule has 1 aromatic carbocycles. The summed E-state index contributed by atoms with van der Waals surface area (Å²) >= 11 is 0. The number of hydrogen-bond donors (Lipinski definition) is 2. The Hall–Kier alpha value is -2.14. The van der Waals surface area contributed by atoms with Crippen LogP contribution in [-0.2, 0) is 11.3 Å². The molecule has 3 N–H and O–H groups in total. The molecule has 0 atom stereocenters. The molecule has 0 unspecified atom stereocenters. The lowest BCUT2D eigenvalue weighted by atomic mass is 10.1. The molecule has 0 aliphatic heterocycles. The first-order chi connectivity index (χ1) is 8.56. The number of carbonyl (C=O) groups is 2. The number of aromatic nitrogens is 1. The number of Topliss-reactive ketones (excluding diaryl/α,β-unsaturated/α-hetero) is 1. The molecule has 94 valence electrons. The zero-order chi connectivity index (χ0) is 13.3. The van der Waals surface area contributed by atoms with E-state index in [1.165, 1.54) is 0 Å². The maximum atomic E-state index is 11.9. The van der Waals surface area contributed by atoms with Crippen LogP contribution in [0.3, 0.4) is 0 Å². The fourth-order valence-electron chi connectivity index (χ4n) is 2.22. The van der Waals surface area contributed by atoms with Crippen molar-refractivity contribution in [3.8, 4) is 0 Å². The maximum Gasteiger partial charge on any atom is 0.323 e. The number of ketones is 1. The fourth-order valence-corrected chi connectivity index (χ4v) is 2.22. The Morgan fingerprint density at radius 2 is 2.00 bits per heavy atom. The normalized spacial score (nSPS) is 10.8. The molecule has 1 aromatic heterocycles. The lowest BCUT2D eigenvalue weighted by Crippen LogP contribution is -2.15. The van der Waals surface area contributed by atoms with E-state index in [1.807, 2.05) is 18.2 Å². The summed E-state index contributed by atoms with van der Waals surface area (Å²) in [7, 11) is 0. The summed E-state index contributed by atoms with van der Waals surface area (Å²) in [5, 5.41) is 9.68. The van der Waals surface area contributed by atoms with Gasteiger partial charge in [0.1, 0.15) is 6.54 Å². The third-order valence-electron chi connectivity index (χ3n) is 2.99. The number of rotatable bonds is 4. The molecular weight excluding hydrogens is 232 g/mol. The molecule has 5 nitrogen and oxygen atoms in total. The van der Waals surface area contributed by atoms with Gasteiger partial charge in [0.2, 0.25) is 0 Å². The van der Waals surface area contributed by atoms with Gasteiger partial charge in [0.25, 0.3) is 0 Å². The number of nitrogens with zero attached hydrogens (tertiary/aromatic N) is 1. The van der Waals surface area contributed by atoms with Crippen molar-refractivity contribution in [1.82, 2.24) is 4.57 Å². The largest absolute Gasteiger partial charge is 0.480 e. The molecule has 0 fully saturated rings. The van der Waals surface area contributed by atoms with Crippen LogP contribution in [0.2, 0.25) is 0 Å². The van der Waals surface area contributed by atoms with E-state index >= 15 is 0 Å². The van der Waals surface area contributed by atoms with Crippen molar-refractivity contribution in [3.05, 3.63) is 35.5 Å². The number of hydrogen-bond acceptors (Lipinski definition) is 3. The lowest BCUT2D eigenvalue weighted by Gasteiger charge is -2.04. The summed E-state index contributed by atoms with van der Waals surface area (Å²) in [5.74, 6) is -1.11. The number of aliphatic carboxylic acids is 1. The lowest BCUT2D eigenvalue weighted by molar-refractivity contribution is -0.137. The number of carboxylic acid groups (broad SMARTS) is 1. The molecular formula is C13H14N2O3. The monoisotopic (exact) mass is 246 g/mol. The van der Waals surface area contributed by atoms with Crippen LogP contribution in [0, 0.1) is 6.92 Å². The second-order valence-corrected chi connectivity index (χ2v) is 4.08. The fraction of sp³-hybridized carbons (Fsp3) is 0.231. The van der Waals surface area contributed by atoms with E-state index < -0.39 is 5.97 Å². The van der Waals surface area contributed by atoms with E-state index in [2.05, 4.69) is 0 Å². The second kappa shape index (κ2) is 4.62. The summed E-state index contributed by atoms with van der Waals surface area (Å²) in [6.07, 6.45) is 0. The predicted octanol–water partition coefficient (Wildman–Crippen LogP) is 1.18. The molecule has 0 bridgehead atoms. The first-order valence-electron chi connectivity index (χ1n) is 5.59. The Morgan fingerprint density at radius 3 is 2.61 bits per heavy atom. The molecule has 1 heterocycles. The minimum absolute atomic E-state index is 0.0814. The summed E-state index contributed by atoms with van der Waals surface area (Å²) < 4.78 is 1.63. The average molecular weight is 246 g/mol. The van der Waals surface area contributed by atoms with E-state index in [1.54, 1.807) is 17.6 Å². The number of carboxylic acids is 1. The van der Waals surface area contributed by atoms with Crippen LogP contribution < -0.4 is 5.73 Å². The highest BCUT2D eigenvalue weighted by atomic mass is 16.4.